The van der Waals surface area contributed by atoms with E-state index in [2.05, 4.69) is 49.3 Å². The summed E-state index contributed by atoms with van der Waals surface area (Å²) in [6, 6.07) is 7.55. The van der Waals surface area contributed by atoms with Crippen molar-refractivity contribution in [3.63, 3.8) is 0 Å². The Balaban J connectivity index is 1.86. The van der Waals surface area contributed by atoms with Gasteiger partial charge in [-0.05, 0) is 49.9 Å². The minimum Gasteiger partial charge on any atom is -0.365 e. The van der Waals surface area contributed by atoms with E-state index in [-0.39, 0.29) is 11.4 Å². The van der Waals surface area contributed by atoms with Gasteiger partial charge in [0, 0.05) is 23.9 Å². The number of hydrogen-bond acceptors (Lipinski definition) is 4. The van der Waals surface area contributed by atoms with E-state index in [0.29, 0.717) is 9.90 Å². The molecule has 1 aromatic heterocycles. The molecule has 0 fully saturated rings. The molecule has 6 heteroatoms. The second-order valence-corrected chi connectivity index (χ2v) is 7.96. The van der Waals surface area contributed by atoms with Gasteiger partial charge in [0.1, 0.15) is 0 Å². The molecule has 0 unspecified atom stereocenters. The lowest BCUT2D eigenvalue weighted by atomic mass is 9.88. The van der Waals surface area contributed by atoms with Crippen molar-refractivity contribution < 1.29 is 4.79 Å². The molecule has 0 saturated carbocycles. The summed E-state index contributed by atoms with van der Waals surface area (Å²) in [5, 5.41) is 6.50. The smallest absolute Gasteiger partial charge is 0.281 e. The predicted molar refractivity (Wildman–Crippen MR) is 107 cm³/mol. The molecule has 0 bridgehead atoms. The zero-order chi connectivity index (χ0) is 18.2. The molecule has 0 spiro atoms. The summed E-state index contributed by atoms with van der Waals surface area (Å²) in [4.78, 5) is 14.7. The molecule has 4 nitrogen and oxygen atoms in total. The van der Waals surface area contributed by atoms with Crippen LogP contribution < -0.4 is 10.3 Å². The number of thiophene rings is 1. The highest BCUT2D eigenvalue weighted by Gasteiger charge is 2.29. The highest BCUT2D eigenvalue weighted by atomic mass is 35.5. The van der Waals surface area contributed by atoms with Gasteiger partial charge in [0.2, 0.25) is 0 Å². The second-order valence-electron chi connectivity index (χ2n) is 6.61. The van der Waals surface area contributed by atoms with Crippen molar-refractivity contribution in [2.24, 2.45) is 5.10 Å². The fourth-order valence-electron chi connectivity index (χ4n) is 2.91. The van der Waals surface area contributed by atoms with E-state index >= 15 is 0 Å². The number of hydrazone groups is 1. The lowest BCUT2D eigenvalue weighted by Crippen LogP contribution is -2.42. The number of nitrogens with one attached hydrogen (secondary N) is 1. The second kappa shape index (κ2) is 6.65. The van der Waals surface area contributed by atoms with Crippen LogP contribution in [-0.2, 0) is 0 Å². The molecule has 0 saturated heterocycles. The van der Waals surface area contributed by atoms with Gasteiger partial charge in [0.25, 0.3) is 5.91 Å². The minimum atomic E-state index is -0.224. The Morgan fingerprint density at radius 2 is 2.16 bits per heavy atom. The number of fused-ring (bicyclic) bond motifs is 1. The topological polar surface area (TPSA) is 44.7 Å². The van der Waals surface area contributed by atoms with E-state index in [1.54, 1.807) is 12.3 Å². The molecule has 3 rings (SSSR count). The van der Waals surface area contributed by atoms with Gasteiger partial charge in [-0.25, -0.2) is 5.43 Å². The van der Waals surface area contributed by atoms with E-state index in [1.807, 2.05) is 23.6 Å². The van der Waals surface area contributed by atoms with E-state index in [1.165, 1.54) is 16.9 Å². The first-order valence-corrected chi connectivity index (χ1v) is 9.19. The molecule has 25 heavy (non-hydrogen) atoms. The van der Waals surface area contributed by atoms with E-state index in [4.69, 9.17) is 11.6 Å². The quantitative estimate of drug-likeness (QED) is 0.620. The average molecular weight is 374 g/mol. The third-order valence-electron chi connectivity index (χ3n) is 4.45. The van der Waals surface area contributed by atoms with Crippen LogP contribution in [0.25, 0.3) is 5.57 Å². The summed E-state index contributed by atoms with van der Waals surface area (Å²) in [5.41, 5.74) is 6.65. The zero-order valence-electron chi connectivity index (χ0n) is 14.6. The lowest BCUT2D eigenvalue weighted by molar-refractivity contribution is 0.0959. The normalized spacial score (nSPS) is 15.9. The number of anilines is 1. The average Bonchev–Trinajstić information content (AvgIpc) is 3.08. The highest BCUT2D eigenvalue weighted by molar-refractivity contribution is 7.12. The fraction of sp³-hybridized carbons (Fsp3) is 0.263. The summed E-state index contributed by atoms with van der Waals surface area (Å²) in [6.45, 7) is 6.44. The molecule has 0 aliphatic carbocycles. The molecule has 1 aromatic carbocycles. The summed E-state index contributed by atoms with van der Waals surface area (Å²) in [5.74, 6) is -0.224. The van der Waals surface area contributed by atoms with Crippen LogP contribution in [0, 0.1) is 0 Å². The summed E-state index contributed by atoms with van der Waals surface area (Å²) < 4.78 is 0. The van der Waals surface area contributed by atoms with Gasteiger partial charge in [-0.2, -0.15) is 5.10 Å². The van der Waals surface area contributed by atoms with Gasteiger partial charge in [0.15, 0.2) is 0 Å². The van der Waals surface area contributed by atoms with Crippen LogP contribution in [0.1, 0.15) is 41.6 Å². The van der Waals surface area contributed by atoms with Crippen LogP contribution in [0.15, 0.2) is 40.8 Å². The van der Waals surface area contributed by atoms with Gasteiger partial charge in [-0.15, -0.1) is 11.3 Å². The van der Waals surface area contributed by atoms with Crippen molar-refractivity contribution in [2.45, 2.75) is 26.3 Å². The number of halogens is 1. The number of benzene rings is 1. The van der Waals surface area contributed by atoms with Crippen LogP contribution in [0.2, 0.25) is 5.02 Å². The number of nitrogens with zero attached hydrogens (tertiary/aromatic N) is 2. The molecular formula is C19H20ClN3OS. The maximum atomic E-state index is 11.9. The maximum Gasteiger partial charge on any atom is 0.281 e. The van der Waals surface area contributed by atoms with Crippen molar-refractivity contribution in [3.8, 4) is 0 Å². The first-order valence-electron chi connectivity index (χ1n) is 7.94. The van der Waals surface area contributed by atoms with Crippen molar-refractivity contribution in [1.29, 1.82) is 0 Å². The van der Waals surface area contributed by atoms with E-state index in [0.717, 1.165) is 16.8 Å². The number of allylic oxidation sites excluding steroid dienone is 1. The van der Waals surface area contributed by atoms with Crippen molar-refractivity contribution >= 4 is 46.3 Å². The Morgan fingerprint density at radius 1 is 1.40 bits per heavy atom. The molecule has 1 aliphatic heterocycles. The lowest BCUT2D eigenvalue weighted by Gasteiger charge is -2.40. The van der Waals surface area contributed by atoms with Crippen LogP contribution >= 0.6 is 22.9 Å². The standard InChI is InChI=1S/C19H20ClN3OS/c1-12-10-19(2,3)23(4)16-9-15(20)13(8-14(12)16)11-21-22-18(24)17-6-5-7-25-17/h5-11H,1-4H3,(H,22,24)/b21-11+. The SMILES string of the molecule is CC1=CC(C)(C)N(C)c2cc(Cl)c(/C=N/NC(=O)c3cccs3)cc21. The Hall–Kier alpha value is -2.11. The highest BCUT2D eigenvalue weighted by Crippen LogP contribution is 2.40. The third-order valence-corrected chi connectivity index (χ3v) is 5.65. The molecule has 1 amide bonds. The largest absolute Gasteiger partial charge is 0.365 e. The van der Waals surface area contributed by atoms with Gasteiger partial charge >= 0.3 is 0 Å². The van der Waals surface area contributed by atoms with Gasteiger partial charge in [-0.1, -0.05) is 23.7 Å². The van der Waals surface area contributed by atoms with E-state index in [9.17, 15) is 4.79 Å². The van der Waals surface area contributed by atoms with Crippen LogP contribution in [0.4, 0.5) is 5.69 Å². The summed E-state index contributed by atoms with van der Waals surface area (Å²) >= 11 is 7.81. The zero-order valence-corrected chi connectivity index (χ0v) is 16.2. The number of hydrogen-bond donors (Lipinski definition) is 1. The Bertz CT molecular complexity index is 869. The minimum absolute atomic E-state index is 0.0648. The van der Waals surface area contributed by atoms with Crippen molar-refractivity contribution in [2.75, 3.05) is 11.9 Å². The number of carbonyl (C=O) groups is 1. The monoisotopic (exact) mass is 373 g/mol. The third kappa shape index (κ3) is 3.48. The molecule has 1 N–H and O–H groups in total. The molecular weight excluding hydrogens is 354 g/mol. The van der Waals surface area contributed by atoms with E-state index < -0.39 is 0 Å². The number of amides is 1. The van der Waals surface area contributed by atoms with Crippen LogP contribution in [0.3, 0.4) is 0 Å². The maximum absolute atomic E-state index is 11.9. The van der Waals surface area contributed by atoms with Crippen LogP contribution in [0.5, 0.6) is 0 Å². The molecule has 2 heterocycles. The van der Waals surface area contributed by atoms with Crippen molar-refractivity contribution in [1.82, 2.24) is 5.43 Å². The molecule has 0 radical (unpaired) electrons. The Morgan fingerprint density at radius 3 is 2.84 bits per heavy atom. The number of carbonyl (C=O) groups excluding carboxylic acids is 1. The van der Waals surface area contributed by atoms with Crippen molar-refractivity contribution in [3.05, 3.63) is 56.7 Å². The first-order chi connectivity index (χ1) is 11.8. The first kappa shape index (κ1) is 17.7. The number of likely N-dealkylation sites (N-methyl/N-ethyl adjacent to an activating group) is 1. The van der Waals surface area contributed by atoms with Gasteiger partial charge in [-0.3, -0.25) is 4.79 Å². The van der Waals surface area contributed by atoms with Gasteiger partial charge < -0.3 is 4.90 Å². The molecule has 0 atom stereocenters. The summed E-state index contributed by atoms with van der Waals surface area (Å²) in [6.07, 6.45) is 3.82. The van der Waals surface area contributed by atoms with Crippen LogP contribution in [-0.4, -0.2) is 24.7 Å². The summed E-state index contributed by atoms with van der Waals surface area (Å²) in [7, 11) is 2.06. The van der Waals surface area contributed by atoms with Gasteiger partial charge in [0.05, 0.1) is 21.7 Å². The molecule has 2 aromatic rings. The number of rotatable bonds is 3. The Kier molecular flexibility index (Phi) is 4.71. The molecule has 130 valence electrons. The predicted octanol–water partition coefficient (Wildman–Crippen LogP) is 4.80. The Labute approximate surface area is 156 Å². The fourth-order valence-corrected chi connectivity index (χ4v) is 3.73. The molecule has 1 aliphatic rings.